The Morgan fingerprint density at radius 3 is 2.35 bits per heavy atom. The highest BCUT2D eigenvalue weighted by Crippen LogP contribution is 2.25. The van der Waals surface area contributed by atoms with Crippen LogP contribution in [0.4, 0.5) is 10.1 Å². The van der Waals surface area contributed by atoms with Crippen LogP contribution in [-0.2, 0) is 10.0 Å². The average Bonchev–Trinajstić information content (AvgIpc) is 2.62. The molecule has 8 heteroatoms. The van der Waals surface area contributed by atoms with Crippen LogP contribution in [0.5, 0.6) is 0 Å². The van der Waals surface area contributed by atoms with Crippen molar-refractivity contribution in [1.29, 1.82) is 0 Å². The number of nitrogens with zero attached hydrogens (tertiary/aromatic N) is 2. The molecule has 0 amide bonds. The van der Waals surface area contributed by atoms with Crippen LogP contribution in [0.25, 0.3) is 0 Å². The number of rotatable bonds is 4. The summed E-state index contributed by atoms with van der Waals surface area (Å²) in [6.07, 6.45) is 0. The molecule has 0 saturated carbocycles. The Morgan fingerprint density at radius 1 is 1.08 bits per heavy atom. The van der Waals surface area contributed by atoms with Gasteiger partial charge in [0, 0.05) is 26.2 Å². The summed E-state index contributed by atoms with van der Waals surface area (Å²) in [4.78, 5) is 12.8. The maximum absolute atomic E-state index is 13.9. The molecule has 0 radical (unpaired) electrons. The van der Waals surface area contributed by atoms with Crippen LogP contribution >= 0.6 is 0 Å². The standard InChI is InChI=1S/C18H19FN2O4S/c1-13-6-7-14(18(22)23)12-17(13)26(24,25)21-10-8-20(9-11-21)16-5-3-2-4-15(16)19/h2-7,12H,8-11H2,1H3,(H,22,23)/p-1. The molecule has 1 fully saturated rings. The van der Waals surface area contributed by atoms with Crippen LogP contribution in [0.1, 0.15) is 15.9 Å². The molecule has 0 unspecified atom stereocenters. The smallest absolute Gasteiger partial charge is 0.243 e. The molecule has 0 N–H and O–H groups in total. The Labute approximate surface area is 151 Å². The molecular weight excluding hydrogens is 359 g/mol. The third-order valence-corrected chi connectivity index (χ3v) is 6.51. The molecule has 0 aliphatic carbocycles. The average molecular weight is 377 g/mol. The fourth-order valence-electron chi connectivity index (χ4n) is 3.02. The number of aromatic carboxylic acids is 1. The first kappa shape index (κ1) is 18.3. The first-order chi connectivity index (χ1) is 12.3. The molecule has 1 aliphatic rings. The van der Waals surface area contributed by atoms with Crippen LogP contribution in [0.15, 0.2) is 47.4 Å². The number of carboxylic acid groups (broad SMARTS) is 1. The van der Waals surface area contributed by atoms with E-state index in [2.05, 4.69) is 0 Å². The lowest BCUT2D eigenvalue weighted by Gasteiger charge is -2.35. The highest BCUT2D eigenvalue weighted by Gasteiger charge is 2.30. The van der Waals surface area contributed by atoms with Gasteiger partial charge in [0.15, 0.2) is 0 Å². The largest absolute Gasteiger partial charge is 0.545 e. The predicted octanol–water partition coefficient (Wildman–Crippen LogP) is 1.01. The van der Waals surface area contributed by atoms with E-state index in [0.717, 1.165) is 6.07 Å². The Morgan fingerprint density at radius 2 is 1.73 bits per heavy atom. The van der Waals surface area contributed by atoms with Crippen molar-refractivity contribution < 1.29 is 22.7 Å². The fraction of sp³-hybridized carbons (Fsp3) is 0.278. The molecular formula is C18H18FN2O4S-. The zero-order valence-electron chi connectivity index (χ0n) is 14.2. The van der Waals surface area contributed by atoms with Crippen molar-refractivity contribution in [1.82, 2.24) is 4.31 Å². The second-order valence-electron chi connectivity index (χ2n) is 6.11. The number of benzene rings is 2. The molecule has 0 bridgehead atoms. The van der Waals surface area contributed by atoms with E-state index in [1.54, 1.807) is 30.0 Å². The Kier molecular flexibility index (Phi) is 4.97. The Bertz CT molecular complexity index is 938. The molecule has 138 valence electrons. The molecule has 26 heavy (non-hydrogen) atoms. The summed E-state index contributed by atoms with van der Waals surface area (Å²) < 4.78 is 41.0. The van der Waals surface area contributed by atoms with E-state index < -0.39 is 16.0 Å². The number of aryl methyl sites for hydroxylation is 1. The van der Waals surface area contributed by atoms with Gasteiger partial charge in [0.1, 0.15) is 5.82 Å². The summed E-state index contributed by atoms with van der Waals surface area (Å²) in [5, 5.41) is 11.0. The number of hydrogen-bond acceptors (Lipinski definition) is 5. The van der Waals surface area contributed by atoms with Crippen molar-refractivity contribution in [2.45, 2.75) is 11.8 Å². The zero-order valence-corrected chi connectivity index (χ0v) is 15.0. The fourth-order valence-corrected chi connectivity index (χ4v) is 4.69. The van der Waals surface area contributed by atoms with Gasteiger partial charge < -0.3 is 14.8 Å². The summed E-state index contributed by atoms with van der Waals surface area (Å²) in [6, 6.07) is 10.3. The Balaban J connectivity index is 1.82. The summed E-state index contributed by atoms with van der Waals surface area (Å²) >= 11 is 0. The number of carbonyl (C=O) groups excluding carboxylic acids is 1. The monoisotopic (exact) mass is 377 g/mol. The van der Waals surface area contributed by atoms with Crippen LogP contribution in [0.2, 0.25) is 0 Å². The van der Waals surface area contributed by atoms with Crippen molar-refractivity contribution >= 4 is 21.7 Å². The maximum atomic E-state index is 13.9. The van der Waals surface area contributed by atoms with E-state index in [1.807, 2.05) is 0 Å². The summed E-state index contributed by atoms with van der Waals surface area (Å²) in [5.74, 6) is -1.77. The van der Waals surface area contributed by atoms with Gasteiger partial charge in [-0.05, 0) is 36.2 Å². The Hall–Kier alpha value is -2.45. The lowest BCUT2D eigenvalue weighted by molar-refractivity contribution is -0.255. The molecule has 1 heterocycles. The summed E-state index contributed by atoms with van der Waals surface area (Å²) in [5.41, 5.74) is 0.727. The number of para-hydroxylation sites is 1. The second kappa shape index (κ2) is 7.05. The van der Waals surface area contributed by atoms with E-state index in [1.165, 1.54) is 22.5 Å². The lowest BCUT2D eigenvalue weighted by atomic mass is 10.1. The number of carboxylic acids is 1. The van der Waals surface area contributed by atoms with E-state index in [4.69, 9.17) is 0 Å². The molecule has 1 saturated heterocycles. The SMILES string of the molecule is Cc1ccc(C(=O)[O-])cc1S(=O)(=O)N1CCN(c2ccccc2F)CC1. The van der Waals surface area contributed by atoms with Crippen molar-refractivity contribution in [3.8, 4) is 0 Å². The first-order valence-corrected chi connectivity index (χ1v) is 9.56. The molecule has 0 aromatic heterocycles. The molecule has 1 aliphatic heterocycles. The lowest BCUT2D eigenvalue weighted by Crippen LogP contribution is -2.49. The third-order valence-electron chi connectivity index (χ3n) is 4.47. The minimum absolute atomic E-state index is 0.0430. The van der Waals surface area contributed by atoms with E-state index in [9.17, 15) is 22.7 Å². The number of anilines is 1. The molecule has 3 rings (SSSR count). The maximum Gasteiger partial charge on any atom is 0.243 e. The van der Waals surface area contributed by atoms with Gasteiger partial charge in [-0.1, -0.05) is 24.3 Å². The van der Waals surface area contributed by atoms with Crippen molar-refractivity contribution in [3.05, 3.63) is 59.4 Å². The van der Waals surface area contributed by atoms with Gasteiger partial charge in [-0.3, -0.25) is 0 Å². The van der Waals surface area contributed by atoms with Crippen LogP contribution in [0, 0.1) is 12.7 Å². The van der Waals surface area contributed by atoms with E-state index >= 15 is 0 Å². The number of piperazine rings is 1. The number of carbonyl (C=O) groups is 1. The third kappa shape index (κ3) is 3.42. The number of hydrogen-bond donors (Lipinski definition) is 0. The molecule has 6 nitrogen and oxygen atoms in total. The van der Waals surface area contributed by atoms with E-state index in [-0.39, 0.29) is 29.4 Å². The quantitative estimate of drug-likeness (QED) is 0.794. The van der Waals surface area contributed by atoms with Gasteiger partial charge in [0.25, 0.3) is 0 Å². The topological polar surface area (TPSA) is 80.7 Å². The van der Waals surface area contributed by atoms with Crippen LogP contribution < -0.4 is 10.0 Å². The minimum Gasteiger partial charge on any atom is -0.545 e. The molecule has 2 aromatic carbocycles. The summed E-state index contributed by atoms with van der Waals surface area (Å²) in [6.45, 7) is 2.68. The zero-order chi connectivity index (χ0) is 18.9. The molecule has 0 spiro atoms. The first-order valence-electron chi connectivity index (χ1n) is 8.12. The molecule has 0 atom stereocenters. The van der Waals surface area contributed by atoms with Crippen molar-refractivity contribution in [2.24, 2.45) is 0 Å². The van der Waals surface area contributed by atoms with Gasteiger partial charge in [0.05, 0.1) is 16.6 Å². The summed E-state index contributed by atoms with van der Waals surface area (Å²) in [7, 11) is -3.84. The van der Waals surface area contributed by atoms with E-state index in [0.29, 0.717) is 24.3 Å². The van der Waals surface area contributed by atoms with Crippen LogP contribution in [0.3, 0.4) is 0 Å². The molecule has 2 aromatic rings. The minimum atomic E-state index is -3.84. The number of halogens is 1. The van der Waals surface area contributed by atoms with Gasteiger partial charge >= 0.3 is 0 Å². The van der Waals surface area contributed by atoms with Gasteiger partial charge in [-0.25, -0.2) is 12.8 Å². The second-order valence-corrected chi connectivity index (χ2v) is 8.02. The van der Waals surface area contributed by atoms with Crippen molar-refractivity contribution in [2.75, 3.05) is 31.1 Å². The predicted molar refractivity (Wildman–Crippen MR) is 92.9 cm³/mol. The van der Waals surface area contributed by atoms with Gasteiger partial charge in [-0.15, -0.1) is 0 Å². The normalized spacial score (nSPS) is 15.8. The van der Waals surface area contributed by atoms with Gasteiger partial charge in [0.2, 0.25) is 10.0 Å². The highest BCUT2D eigenvalue weighted by atomic mass is 32.2. The van der Waals surface area contributed by atoms with Crippen molar-refractivity contribution in [3.63, 3.8) is 0 Å². The van der Waals surface area contributed by atoms with Gasteiger partial charge in [-0.2, -0.15) is 4.31 Å². The number of sulfonamides is 1. The van der Waals surface area contributed by atoms with Crippen LogP contribution in [-0.4, -0.2) is 44.9 Å². The highest BCUT2D eigenvalue weighted by molar-refractivity contribution is 7.89.